The number of rotatable bonds is 3. The fraction of sp³-hybridized carbons (Fsp3) is 0.154. The molecule has 0 aliphatic carbocycles. The zero-order valence-corrected chi connectivity index (χ0v) is 9.11. The molecule has 0 spiro atoms. The van der Waals surface area contributed by atoms with Gasteiger partial charge >= 0.3 is 0 Å². The summed E-state index contributed by atoms with van der Waals surface area (Å²) in [6.07, 6.45) is 8.81. The normalized spacial score (nSPS) is 11.3. The second-order valence-electron chi connectivity index (χ2n) is 3.32. The lowest BCUT2D eigenvalue weighted by Crippen LogP contribution is -1.79. The summed E-state index contributed by atoms with van der Waals surface area (Å²) in [5.74, 6) is 0.666. The summed E-state index contributed by atoms with van der Waals surface area (Å²) in [7, 11) is 0. The Hall–Kier alpha value is -1.34. The van der Waals surface area contributed by atoms with Crippen molar-refractivity contribution in [3.63, 3.8) is 0 Å². The SMILES string of the molecule is ClCCC=Cc1cccc2ccncc12. The van der Waals surface area contributed by atoms with Crippen molar-refractivity contribution in [2.45, 2.75) is 6.42 Å². The van der Waals surface area contributed by atoms with Crippen LogP contribution in [0.15, 0.2) is 42.7 Å². The number of nitrogens with zero attached hydrogens (tertiary/aromatic N) is 1. The highest BCUT2D eigenvalue weighted by Gasteiger charge is 1.95. The zero-order chi connectivity index (χ0) is 10.5. The van der Waals surface area contributed by atoms with Gasteiger partial charge in [-0.25, -0.2) is 0 Å². The Bertz CT molecular complexity index is 471. The number of alkyl halides is 1. The Kier molecular flexibility index (Phi) is 3.36. The van der Waals surface area contributed by atoms with Gasteiger partial charge < -0.3 is 0 Å². The summed E-state index contributed by atoms with van der Waals surface area (Å²) >= 11 is 5.62. The fourth-order valence-electron chi connectivity index (χ4n) is 1.56. The first kappa shape index (κ1) is 10.2. The molecule has 1 aromatic heterocycles. The average molecular weight is 218 g/mol. The first-order chi connectivity index (χ1) is 7.42. The summed E-state index contributed by atoms with van der Waals surface area (Å²) in [5, 5.41) is 2.41. The van der Waals surface area contributed by atoms with Gasteiger partial charge in [0, 0.05) is 23.7 Å². The van der Waals surface area contributed by atoms with Gasteiger partial charge in [0.2, 0.25) is 0 Å². The topological polar surface area (TPSA) is 12.9 Å². The third-order valence-electron chi connectivity index (χ3n) is 2.29. The summed E-state index contributed by atoms with van der Waals surface area (Å²) in [6.45, 7) is 0. The average Bonchev–Trinajstić information content (AvgIpc) is 2.30. The molecule has 2 rings (SSSR count). The van der Waals surface area contributed by atoms with Crippen LogP contribution in [-0.2, 0) is 0 Å². The van der Waals surface area contributed by atoms with Crippen LogP contribution in [0, 0.1) is 0 Å². The van der Waals surface area contributed by atoms with Gasteiger partial charge in [-0.2, -0.15) is 0 Å². The minimum Gasteiger partial charge on any atom is -0.264 e. The van der Waals surface area contributed by atoms with Gasteiger partial charge in [-0.1, -0.05) is 30.4 Å². The quantitative estimate of drug-likeness (QED) is 0.712. The van der Waals surface area contributed by atoms with E-state index >= 15 is 0 Å². The number of aromatic nitrogens is 1. The van der Waals surface area contributed by atoms with Crippen LogP contribution in [0.5, 0.6) is 0 Å². The highest BCUT2D eigenvalue weighted by molar-refractivity contribution is 6.17. The van der Waals surface area contributed by atoms with E-state index in [9.17, 15) is 0 Å². The highest BCUT2D eigenvalue weighted by Crippen LogP contribution is 2.18. The Labute approximate surface area is 94.4 Å². The molecule has 1 nitrogen and oxygen atoms in total. The molecule has 2 heteroatoms. The maximum atomic E-state index is 5.62. The summed E-state index contributed by atoms with van der Waals surface area (Å²) in [5.41, 5.74) is 1.20. The van der Waals surface area contributed by atoms with E-state index in [-0.39, 0.29) is 0 Å². The monoisotopic (exact) mass is 217 g/mol. The first-order valence-corrected chi connectivity index (χ1v) is 5.50. The van der Waals surface area contributed by atoms with Crippen LogP contribution in [0.2, 0.25) is 0 Å². The summed E-state index contributed by atoms with van der Waals surface area (Å²) < 4.78 is 0. The van der Waals surface area contributed by atoms with Crippen LogP contribution in [-0.4, -0.2) is 10.9 Å². The zero-order valence-electron chi connectivity index (χ0n) is 8.36. The van der Waals surface area contributed by atoms with E-state index in [2.05, 4.69) is 35.3 Å². The van der Waals surface area contributed by atoms with Crippen molar-refractivity contribution in [1.82, 2.24) is 4.98 Å². The minimum absolute atomic E-state index is 0.666. The van der Waals surface area contributed by atoms with E-state index in [4.69, 9.17) is 11.6 Å². The number of hydrogen-bond acceptors (Lipinski definition) is 1. The number of halogens is 1. The second-order valence-corrected chi connectivity index (χ2v) is 3.70. The van der Waals surface area contributed by atoms with Crippen molar-refractivity contribution in [3.8, 4) is 0 Å². The predicted molar refractivity (Wildman–Crippen MR) is 66.1 cm³/mol. The Balaban J connectivity index is 2.42. The van der Waals surface area contributed by atoms with Crippen molar-refractivity contribution >= 4 is 28.4 Å². The van der Waals surface area contributed by atoms with Crippen LogP contribution in [0.4, 0.5) is 0 Å². The third kappa shape index (κ3) is 2.37. The molecule has 0 saturated heterocycles. The molecular weight excluding hydrogens is 206 g/mol. The largest absolute Gasteiger partial charge is 0.264 e. The van der Waals surface area contributed by atoms with Crippen LogP contribution in [0.1, 0.15) is 12.0 Å². The molecule has 15 heavy (non-hydrogen) atoms. The van der Waals surface area contributed by atoms with Gasteiger partial charge in [0.25, 0.3) is 0 Å². The third-order valence-corrected chi connectivity index (χ3v) is 2.51. The van der Waals surface area contributed by atoms with Gasteiger partial charge in [0.1, 0.15) is 0 Å². The van der Waals surface area contributed by atoms with Gasteiger partial charge in [0.05, 0.1) is 0 Å². The molecule has 2 aromatic rings. The van der Waals surface area contributed by atoms with E-state index in [1.807, 2.05) is 18.5 Å². The van der Waals surface area contributed by atoms with Crippen LogP contribution < -0.4 is 0 Å². The van der Waals surface area contributed by atoms with Crippen LogP contribution >= 0.6 is 11.6 Å². The first-order valence-electron chi connectivity index (χ1n) is 4.97. The molecule has 76 valence electrons. The van der Waals surface area contributed by atoms with Crippen molar-refractivity contribution in [3.05, 3.63) is 48.3 Å². The smallest absolute Gasteiger partial charge is 0.0352 e. The molecule has 0 N–H and O–H groups in total. The molecule has 0 bridgehead atoms. The standard InChI is InChI=1S/C13H12ClN/c14-8-2-1-4-11-5-3-6-12-7-9-15-10-13(11)12/h1,3-7,9-10H,2,8H2. The second kappa shape index (κ2) is 4.94. The predicted octanol–water partition coefficient (Wildman–Crippen LogP) is 3.88. The summed E-state index contributed by atoms with van der Waals surface area (Å²) in [6, 6.07) is 8.27. The van der Waals surface area contributed by atoms with Gasteiger partial charge in [-0.05, 0) is 23.4 Å². The molecule has 0 radical (unpaired) electrons. The number of allylic oxidation sites excluding steroid dienone is 1. The lowest BCUT2D eigenvalue weighted by atomic mass is 10.1. The molecule has 0 unspecified atom stereocenters. The van der Waals surface area contributed by atoms with Crippen molar-refractivity contribution in [2.75, 3.05) is 5.88 Å². The molecule has 1 aromatic carbocycles. The lowest BCUT2D eigenvalue weighted by molar-refractivity contribution is 1.24. The molecule has 0 saturated carbocycles. The molecule has 0 aliphatic rings. The Morgan fingerprint density at radius 2 is 2.20 bits per heavy atom. The number of pyridine rings is 1. The summed E-state index contributed by atoms with van der Waals surface area (Å²) in [4.78, 5) is 4.14. The maximum Gasteiger partial charge on any atom is 0.0352 e. The minimum atomic E-state index is 0.666. The van der Waals surface area contributed by atoms with Crippen molar-refractivity contribution in [1.29, 1.82) is 0 Å². The number of hydrogen-bond donors (Lipinski definition) is 0. The van der Waals surface area contributed by atoms with E-state index < -0.39 is 0 Å². The fourth-order valence-corrected chi connectivity index (χ4v) is 1.68. The van der Waals surface area contributed by atoms with E-state index in [0.29, 0.717) is 5.88 Å². The number of benzene rings is 1. The lowest BCUT2D eigenvalue weighted by Gasteiger charge is -2.00. The molecule has 0 atom stereocenters. The molecule has 0 aliphatic heterocycles. The van der Waals surface area contributed by atoms with Crippen LogP contribution in [0.25, 0.3) is 16.8 Å². The Morgan fingerprint density at radius 3 is 3.07 bits per heavy atom. The van der Waals surface area contributed by atoms with E-state index in [1.165, 1.54) is 16.3 Å². The van der Waals surface area contributed by atoms with Gasteiger partial charge in [0.15, 0.2) is 0 Å². The van der Waals surface area contributed by atoms with Gasteiger partial charge in [-0.3, -0.25) is 4.98 Å². The van der Waals surface area contributed by atoms with Crippen LogP contribution in [0.3, 0.4) is 0 Å². The molecule has 0 fully saturated rings. The van der Waals surface area contributed by atoms with Crippen molar-refractivity contribution < 1.29 is 0 Å². The highest BCUT2D eigenvalue weighted by atomic mass is 35.5. The van der Waals surface area contributed by atoms with Gasteiger partial charge in [-0.15, -0.1) is 11.6 Å². The number of fused-ring (bicyclic) bond motifs is 1. The Morgan fingerprint density at radius 1 is 1.27 bits per heavy atom. The molecule has 1 heterocycles. The molecule has 0 amide bonds. The maximum absolute atomic E-state index is 5.62. The van der Waals surface area contributed by atoms with Crippen molar-refractivity contribution in [2.24, 2.45) is 0 Å². The van der Waals surface area contributed by atoms with E-state index in [1.54, 1.807) is 0 Å². The molecular formula is C13H12ClN. The van der Waals surface area contributed by atoms with E-state index in [0.717, 1.165) is 6.42 Å².